The lowest BCUT2D eigenvalue weighted by molar-refractivity contribution is 0.553. The number of aromatic nitrogens is 2. The Balaban J connectivity index is 2.79. The summed E-state index contributed by atoms with van der Waals surface area (Å²) < 4.78 is 25.5. The highest BCUT2D eigenvalue weighted by Gasteiger charge is 2.38. The first kappa shape index (κ1) is 16.0. The molecule has 0 bridgehead atoms. The number of nitrogens with zero attached hydrogens (tertiary/aromatic N) is 2. The molecule has 0 amide bonds. The molecule has 0 aliphatic rings. The fourth-order valence-corrected chi connectivity index (χ4v) is 2.96. The van der Waals surface area contributed by atoms with E-state index in [2.05, 4.69) is 21.0 Å². The van der Waals surface area contributed by atoms with E-state index in [0.29, 0.717) is 17.1 Å². The van der Waals surface area contributed by atoms with Crippen LogP contribution in [0, 0.1) is 0 Å². The molecule has 2 aromatic rings. The smallest absolute Gasteiger partial charge is 0.158 e. The molecule has 1 aromatic carbocycles. The van der Waals surface area contributed by atoms with Crippen molar-refractivity contribution < 1.29 is 8.42 Å². The van der Waals surface area contributed by atoms with Gasteiger partial charge in [0.25, 0.3) is 0 Å². The van der Waals surface area contributed by atoms with Gasteiger partial charge in [0.05, 0.1) is 5.69 Å². The lowest BCUT2D eigenvalue weighted by Gasteiger charge is -2.21. The minimum atomic E-state index is -3.34. The molecule has 0 aliphatic heterocycles. The summed E-state index contributed by atoms with van der Waals surface area (Å²) in [6, 6.07) is 7.57. The van der Waals surface area contributed by atoms with Gasteiger partial charge in [-0.15, -0.1) is 0 Å². The van der Waals surface area contributed by atoms with Crippen LogP contribution in [0.25, 0.3) is 11.1 Å². The van der Waals surface area contributed by atoms with Crippen LogP contribution in [-0.2, 0) is 21.6 Å². The largest absolute Gasteiger partial charge is 0.383 e. The number of nitrogen functional groups attached to an aromatic ring is 1. The predicted octanol–water partition coefficient (Wildman–Crippen LogP) is 2.71. The van der Waals surface area contributed by atoms with E-state index in [1.54, 1.807) is 20.9 Å². The molecule has 7 heteroatoms. The Kier molecular flexibility index (Phi) is 3.92. The second-order valence-electron chi connectivity index (χ2n) is 5.53. The van der Waals surface area contributed by atoms with Crippen molar-refractivity contribution in [3.05, 3.63) is 34.4 Å². The van der Waals surface area contributed by atoms with E-state index in [-0.39, 0.29) is 0 Å². The fraction of sp³-hybridized carbons (Fsp3) is 0.357. The van der Waals surface area contributed by atoms with Gasteiger partial charge in [-0.2, -0.15) is 5.10 Å². The van der Waals surface area contributed by atoms with E-state index in [1.807, 2.05) is 24.3 Å². The van der Waals surface area contributed by atoms with E-state index in [1.165, 1.54) is 10.9 Å². The number of benzene rings is 1. The van der Waals surface area contributed by atoms with E-state index in [0.717, 1.165) is 10.0 Å². The summed E-state index contributed by atoms with van der Waals surface area (Å²) in [6.45, 7) is 3.29. The number of halogens is 1. The average Bonchev–Trinajstić information content (AvgIpc) is 2.65. The number of anilines is 1. The van der Waals surface area contributed by atoms with E-state index in [4.69, 9.17) is 5.73 Å². The van der Waals surface area contributed by atoms with Gasteiger partial charge in [0.2, 0.25) is 0 Å². The highest BCUT2D eigenvalue weighted by atomic mass is 79.9. The van der Waals surface area contributed by atoms with Gasteiger partial charge in [-0.25, -0.2) is 8.42 Å². The molecular weight excluding hydrogens is 354 g/mol. The van der Waals surface area contributed by atoms with Crippen LogP contribution in [0.3, 0.4) is 0 Å². The Morgan fingerprint density at radius 1 is 1.33 bits per heavy atom. The van der Waals surface area contributed by atoms with Crippen LogP contribution in [0.1, 0.15) is 19.5 Å². The molecule has 114 valence electrons. The monoisotopic (exact) mass is 371 g/mol. The molecule has 0 unspecified atom stereocenters. The first-order valence-corrected chi connectivity index (χ1v) is 9.02. The highest BCUT2D eigenvalue weighted by molar-refractivity contribution is 9.10. The van der Waals surface area contributed by atoms with Crippen LogP contribution >= 0.6 is 15.9 Å². The Morgan fingerprint density at radius 3 is 2.48 bits per heavy atom. The van der Waals surface area contributed by atoms with E-state index < -0.39 is 14.6 Å². The molecule has 2 rings (SSSR count). The fourth-order valence-electron chi connectivity index (χ4n) is 2.06. The summed E-state index contributed by atoms with van der Waals surface area (Å²) >= 11 is 3.42. The van der Waals surface area contributed by atoms with Gasteiger partial charge < -0.3 is 5.73 Å². The number of aryl methyl sites for hydroxylation is 1. The lowest BCUT2D eigenvalue weighted by atomic mass is 9.98. The molecule has 2 N–H and O–H groups in total. The van der Waals surface area contributed by atoms with E-state index >= 15 is 0 Å². The summed E-state index contributed by atoms with van der Waals surface area (Å²) in [4.78, 5) is 0. The minimum absolute atomic E-state index is 0.444. The summed E-state index contributed by atoms with van der Waals surface area (Å²) in [5, 5.41) is 4.35. The van der Waals surface area contributed by atoms with Gasteiger partial charge in [-0.1, -0.05) is 28.1 Å². The lowest BCUT2D eigenvalue weighted by Crippen LogP contribution is -2.29. The summed E-state index contributed by atoms with van der Waals surface area (Å²) in [7, 11) is -1.64. The third-order valence-corrected chi connectivity index (χ3v) is 6.24. The third-order valence-electron chi connectivity index (χ3n) is 3.70. The van der Waals surface area contributed by atoms with Crippen molar-refractivity contribution in [2.45, 2.75) is 18.6 Å². The standard InChI is InChI=1S/C14H18BrN3O2S/c1-14(2,21(4,19)20)12-11(13(16)18(3)17-12)9-6-5-7-10(15)8-9/h5-8H,16H2,1-4H3. The number of hydrogen-bond acceptors (Lipinski definition) is 4. The first-order valence-electron chi connectivity index (χ1n) is 6.34. The zero-order valence-corrected chi connectivity index (χ0v) is 14.8. The van der Waals surface area contributed by atoms with E-state index in [9.17, 15) is 8.42 Å². The maximum Gasteiger partial charge on any atom is 0.158 e. The second-order valence-corrected chi connectivity index (χ2v) is 9.01. The molecule has 5 nitrogen and oxygen atoms in total. The topological polar surface area (TPSA) is 78.0 Å². The van der Waals surface area contributed by atoms with Gasteiger partial charge in [0.15, 0.2) is 9.84 Å². The molecule has 0 atom stereocenters. The Labute approximate surface area is 133 Å². The first-order chi connectivity index (χ1) is 9.55. The van der Waals surface area contributed by atoms with Crippen LogP contribution in [0.2, 0.25) is 0 Å². The molecule has 0 spiro atoms. The van der Waals surface area contributed by atoms with Gasteiger partial charge in [-0.3, -0.25) is 4.68 Å². The quantitative estimate of drug-likeness (QED) is 0.899. The molecular formula is C14H18BrN3O2S. The number of sulfone groups is 1. The van der Waals surface area contributed by atoms with Crippen molar-refractivity contribution in [3.63, 3.8) is 0 Å². The van der Waals surface area contributed by atoms with Crippen molar-refractivity contribution >= 4 is 31.6 Å². The van der Waals surface area contributed by atoms with Crippen molar-refractivity contribution in [1.29, 1.82) is 0 Å². The maximum absolute atomic E-state index is 12.1. The number of rotatable bonds is 3. The second kappa shape index (κ2) is 5.14. The SMILES string of the molecule is Cn1nc(C(C)(C)S(C)(=O)=O)c(-c2cccc(Br)c2)c1N. The average molecular weight is 372 g/mol. The van der Waals surface area contributed by atoms with Crippen molar-refractivity contribution in [3.8, 4) is 11.1 Å². The van der Waals surface area contributed by atoms with Crippen LogP contribution in [-0.4, -0.2) is 24.5 Å². The van der Waals surface area contributed by atoms with Gasteiger partial charge in [-0.05, 0) is 31.5 Å². The molecule has 0 saturated heterocycles. The number of nitrogens with two attached hydrogens (primary N) is 1. The molecule has 1 heterocycles. The third kappa shape index (κ3) is 2.72. The van der Waals surface area contributed by atoms with Crippen LogP contribution in [0.5, 0.6) is 0 Å². The minimum Gasteiger partial charge on any atom is -0.383 e. The summed E-state index contributed by atoms with van der Waals surface area (Å²) in [5.74, 6) is 0.444. The Bertz CT molecular complexity index is 795. The van der Waals surface area contributed by atoms with Gasteiger partial charge in [0, 0.05) is 23.3 Å². The highest BCUT2D eigenvalue weighted by Crippen LogP contribution is 2.39. The summed E-state index contributed by atoms with van der Waals surface area (Å²) in [6.07, 6.45) is 1.21. The summed E-state index contributed by atoms with van der Waals surface area (Å²) in [5.41, 5.74) is 8.07. The van der Waals surface area contributed by atoms with Crippen LogP contribution in [0.4, 0.5) is 5.82 Å². The number of hydrogen-bond donors (Lipinski definition) is 1. The van der Waals surface area contributed by atoms with Gasteiger partial charge in [0.1, 0.15) is 10.6 Å². The van der Waals surface area contributed by atoms with Crippen molar-refractivity contribution in [1.82, 2.24) is 9.78 Å². The normalized spacial score (nSPS) is 12.6. The zero-order valence-electron chi connectivity index (χ0n) is 12.4. The van der Waals surface area contributed by atoms with Crippen LogP contribution < -0.4 is 5.73 Å². The predicted molar refractivity (Wildman–Crippen MR) is 88.6 cm³/mol. The molecule has 1 aromatic heterocycles. The molecule has 0 radical (unpaired) electrons. The molecule has 21 heavy (non-hydrogen) atoms. The van der Waals surface area contributed by atoms with Crippen molar-refractivity contribution in [2.24, 2.45) is 7.05 Å². The van der Waals surface area contributed by atoms with Crippen molar-refractivity contribution in [2.75, 3.05) is 12.0 Å². The van der Waals surface area contributed by atoms with Gasteiger partial charge >= 0.3 is 0 Å². The van der Waals surface area contributed by atoms with Crippen LogP contribution in [0.15, 0.2) is 28.7 Å². The molecule has 0 saturated carbocycles. The Hall–Kier alpha value is -1.34. The molecule has 0 aliphatic carbocycles. The molecule has 0 fully saturated rings. The zero-order chi connectivity index (χ0) is 16.0. The Morgan fingerprint density at radius 2 is 1.95 bits per heavy atom. The maximum atomic E-state index is 12.1.